The molecule has 2 aromatic carbocycles. The molecule has 214 valence electrons. The molecule has 1 amide bonds. The Kier molecular flexibility index (Phi) is 16.8. The van der Waals surface area contributed by atoms with Crippen molar-refractivity contribution >= 4 is 22.9 Å². The molecule has 0 spiro atoms. The number of carbonyl (C=O) groups excluding carboxylic acids is 1. The van der Waals surface area contributed by atoms with E-state index >= 15 is 0 Å². The lowest BCUT2D eigenvalue weighted by atomic mass is 10.1. The molecule has 3 rings (SSSR count). The van der Waals surface area contributed by atoms with Gasteiger partial charge in [0.25, 0.3) is 0 Å². The highest BCUT2D eigenvalue weighted by molar-refractivity contribution is 7.07. The van der Waals surface area contributed by atoms with E-state index in [1.807, 2.05) is 29.2 Å². The number of anilines is 1. The predicted molar refractivity (Wildman–Crippen MR) is 160 cm³/mol. The van der Waals surface area contributed by atoms with Crippen LogP contribution in [0, 0.1) is 0 Å². The predicted octanol–water partition coefficient (Wildman–Crippen LogP) is 5.72. The first-order valence-corrected chi connectivity index (χ1v) is 15.6. The second-order valence-corrected chi connectivity index (χ2v) is 11.1. The lowest BCUT2D eigenvalue weighted by molar-refractivity contribution is -0.683. The van der Waals surface area contributed by atoms with Gasteiger partial charge in [0.05, 0.1) is 18.5 Å². The van der Waals surface area contributed by atoms with Gasteiger partial charge in [-0.3, -0.25) is 4.79 Å². The molecule has 6 heteroatoms. The third-order valence-corrected chi connectivity index (χ3v) is 7.72. The van der Waals surface area contributed by atoms with Crippen molar-refractivity contribution in [3.8, 4) is 5.75 Å². The normalized spacial score (nSPS) is 10.7. The molecule has 0 saturated heterocycles. The van der Waals surface area contributed by atoms with E-state index in [0.29, 0.717) is 6.54 Å². The first-order valence-electron chi connectivity index (χ1n) is 14.7. The van der Waals surface area contributed by atoms with Crippen LogP contribution in [0.15, 0.2) is 65.6 Å². The van der Waals surface area contributed by atoms with E-state index in [9.17, 15) is 4.79 Å². The van der Waals surface area contributed by atoms with Crippen molar-refractivity contribution < 1.29 is 31.1 Å². The van der Waals surface area contributed by atoms with Crippen LogP contribution in [-0.2, 0) is 17.9 Å². The Hall–Kier alpha value is -2.18. The summed E-state index contributed by atoms with van der Waals surface area (Å²) in [5.41, 5.74) is 5.33. The molecule has 1 heterocycles. The number of nitrogens with zero attached hydrogens (tertiary/aromatic N) is 2. The van der Waals surface area contributed by atoms with E-state index in [4.69, 9.17) is 4.74 Å². The SMILES string of the molecule is CCCCCCCCCCCCCCOc1ccc(CN(C(C)=O)c2ccc(C[n+]3ccsc3)cc2)cc1.[Br-]. The summed E-state index contributed by atoms with van der Waals surface area (Å²) in [5, 5.41) is 2.07. The Morgan fingerprint density at radius 1 is 0.795 bits per heavy atom. The Balaban J connectivity index is 0.00000533. The number of rotatable bonds is 19. The third kappa shape index (κ3) is 13.1. The van der Waals surface area contributed by atoms with Crippen LogP contribution in [0.4, 0.5) is 5.69 Å². The van der Waals surface area contributed by atoms with E-state index in [1.54, 1.807) is 18.3 Å². The number of hydrogen-bond acceptors (Lipinski definition) is 3. The fourth-order valence-corrected chi connectivity index (χ4v) is 5.33. The van der Waals surface area contributed by atoms with Gasteiger partial charge >= 0.3 is 0 Å². The van der Waals surface area contributed by atoms with Crippen molar-refractivity contribution in [2.45, 2.75) is 104 Å². The van der Waals surface area contributed by atoms with Crippen LogP contribution >= 0.6 is 11.3 Å². The minimum absolute atomic E-state index is 0. The van der Waals surface area contributed by atoms with Gasteiger partial charge in [-0.05, 0) is 36.2 Å². The molecule has 0 aliphatic heterocycles. The van der Waals surface area contributed by atoms with E-state index in [2.05, 4.69) is 52.8 Å². The molecule has 0 atom stereocenters. The number of benzene rings is 2. The number of amides is 1. The second-order valence-electron chi connectivity index (χ2n) is 10.4. The summed E-state index contributed by atoms with van der Waals surface area (Å²) < 4.78 is 8.12. The van der Waals surface area contributed by atoms with Crippen LogP contribution < -0.4 is 31.2 Å². The summed E-state index contributed by atoms with van der Waals surface area (Å²) in [7, 11) is 0. The number of ether oxygens (including phenoxy) is 1. The largest absolute Gasteiger partial charge is 1.00 e. The van der Waals surface area contributed by atoms with Crippen molar-refractivity contribution in [1.29, 1.82) is 0 Å². The van der Waals surface area contributed by atoms with E-state index in [-0.39, 0.29) is 22.9 Å². The summed E-state index contributed by atoms with van der Waals surface area (Å²) in [6.45, 7) is 6.06. The fourth-order valence-electron chi connectivity index (χ4n) is 4.73. The molecule has 0 saturated carbocycles. The molecule has 0 aliphatic carbocycles. The molecule has 3 aromatic rings. The van der Waals surface area contributed by atoms with Crippen LogP contribution in [0.2, 0.25) is 0 Å². The zero-order valence-electron chi connectivity index (χ0n) is 24.0. The third-order valence-electron chi connectivity index (χ3n) is 7.05. The van der Waals surface area contributed by atoms with Crippen LogP contribution in [-0.4, -0.2) is 12.5 Å². The number of carbonyl (C=O) groups is 1. The van der Waals surface area contributed by atoms with Gasteiger partial charge in [0.15, 0.2) is 12.7 Å². The number of unbranched alkanes of at least 4 members (excludes halogenated alkanes) is 11. The van der Waals surface area contributed by atoms with Gasteiger partial charge in [-0.2, -0.15) is 4.57 Å². The standard InChI is InChI=1S/C33H47N2O2S.BrH/c1-3-4-5-6-7-8-9-10-11-12-13-14-24-37-33-21-17-31(18-22-33)27-35(29(2)36)32-19-15-30(16-20-32)26-34-23-25-38-28-34;/h15-23,25,28H,3-14,24,26-27H2,1-2H3;1H/q+1;/p-1. The van der Waals surface area contributed by atoms with Crippen LogP contribution in [0.5, 0.6) is 5.75 Å². The van der Waals surface area contributed by atoms with Crippen LogP contribution in [0.25, 0.3) is 0 Å². The van der Waals surface area contributed by atoms with Gasteiger partial charge in [0, 0.05) is 18.2 Å². The maximum atomic E-state index is 12.4. The molecular weight excluding hydrogens is 568 g/mol. The van der Waals surface area contributed by atoms with Crippen molar-refractivity contribution in [1.82, 2.24) is 0 Å². The molecule has 0 radical (unpaired) electrons. The Labute approximate surface area is 251 Å². The summed E-state index contributed by atoms with van der Waals surface area (Å²) in [6, 6.07) is 16.4. The van der Waals surface area contributed by atoms with Gasteiger partial charge in [0.2, 0.25) is 11.4 Å². The Morgan fingerprint density at radius 3 is 1.90 bits per heavy atom. The zero-order chi connectivity index (χ0) is 26.8. The molecule has 0 unspecified atom stereocenters. The number of halogens is 1. The monoisotopic (exact) mass is 614 g/mol. The molecule has 0 fully saturated rings. The Bertz CT molecular complexity index is 1020. The van der Waals surface area contributed by atoms with Crippen LogP contribution in [0.3, 0.4) is 0 Å². The zero-order valence-corrected chi connectivity index (χ0v) is 26.4. The first kappa shape index (κ1) is 33.0. The summed E-state index contributed by atoms with van der Waals surface area (Å²) in [5.74, 6) is 0.943. The highest BCUT2D eigenvalue weighted by atomic mass is 79.9. The van der Waals surface area contributed by atoms with Crippen molar-refractivity contribution in [3.63, 3.8) is 0 Å². The quantitative estimate of drug-likeness (QED) is 0.128. The molecule has 0 aliphatic rings. The second kappa shape index (κ2) is 19.8. The van der Waals surface area contributed by atoms with Gasteiger partial charge in [-0.1, -0.05) is 113 Å². The maximum absolute atomic E-state index is 12.4. The smallest absolute Gasteiger partial charge is 0.224 e. The number of hydrogen-bond donors (Lipinski definition) is 0. The van der Waals surface area contributed by atoms with Gasteiger partial charge in [-0.15, -0.1) is 0 Å². The molecule has 39 heavy (non-hydrogen) atoms. The molecule has 0 bridgehead atoms. The molecular formula is C33H47BrN2O2S. The number of aromatic nitrogens is 1. The fraction of sp³-hybridized carbons (Fsp3) is 0.515. The highest BCUT2D eigenvalue weighted by Crippen LogP contribution is 2.21. The van der Waals surface area contributed by atoms with Crippen LogP contribution in [0.1, 0.15) is 102 Å². The van der Waals surface area contributed by atoms with E-state index in [1.165, 1.54) is 76.2 Å². The average molecular weight is 616 g/mol. The van der Waals surface area contributed by atoms with Gasteiger partial charge in [0.1, 0.15) is 5.75 Å². The lowest BCUT2D eigenvalue weighted by Crippen LogP contribution is -3.00. The van der Waals surface area contributed by atoms with Gasteiger partial charge in [-0.25, -0.2) is 0 Å². The van der Waals surface area contributed by atoms with Crippen molar-refractivity contribution in [2.75, 3.05) is 11.5 Å². The summed E-state index contributed by atoms with van der Waals surface area (Å²) in [4.78, 5) is 14.2. The topological polar surface area (TPSA) is 33.4 Å². The lowest BCUT2D eigenvalue weighted by Gasteiger charge is -2.21. The minimum Gasteiger partial charge on any atom is -1.00 e. The molecule has 1 aromatic heterocycles. The first-order chi connectivity index (χ1) is 18.7. The van der Waals surface area contributed by atoms with Crippen molar-refractivity contribution in [2.24, 2.45) is 0 Å². The summed E-state index contributed by atoms with van der Waals surface area (Å²) in [6.07, 6.45) is 18.3. The molecule has 0 N–H and O–H groups in total. The van der Waals surface area contributed by atoms with Gasteiger partial charge < -0.3 is 26.6 Å². The van der Waals surface area contributed by atoms with Crippen molar-refractivity contribution in [3.05, 3.63) is 76.7 Å². The van der Waals surface area contributed by atoms with E-state index < -0.39 is 0 Å². The molecule has 4 nitrogen and oxygen atoms in total. The minimum atomic E-state index is 0. The highest BCUT2D eigenvalue weighted by Gasteiger charge is 2.13. The van der Waals surface area contributed by atoms with E-state index in [0.717, 1.165) is 36.6 Å². The Morgan fingerprint density at radius 2 is 1.36 bits per heavy atom. The number of thiazole rings is 1. The average Bonchev–Trinajstić information content (AvgIpc) is 3.44. The summed E-state index contributed by atoms with van der Waals surface area (Å²) >= 11 is 1.69. The maximum Gasteiger partial charge on any atom is 0.224 e.